The molecule has 2 aliphatic heterocycles. The summed E-state index contributed by atoms with van der Waals surface area (Å²) < 4.78 is 28.4. The lowest BCUT2D eigenvalue weighted by molar-refractivity contribution is 0.223. The van der Waals surface area contributed by atoms with Crippen LogP contribution in [0.25, 0.3) is 5.70 Å². The van der Waals surface area contributed by atoms with Crippen LogP contribution in [0.3, 0.4) is 0 Å². The zero-order chi connectivity index (χ0) is 22.5. The van der Waals surface area contributed by atoms with E-state index in [4.69, 9.17) is 9.47 Å². The molecule has 164 valence electrons. The van der Waals surface area contributed by atoms with Gasteiger partial charge in [-0.1, -0.05) is 30.3 Å². The van der Waals surface area contributed by atoms with Crippen molar-refractivity contribution in [1.29, 1.82) is 0 Å². The van der Waals surface area contributed by atoms with Gasteiger partial charge in [0.25, 0.3) is 0 Å². The van der Waals surface area contributed by atoms with Crippen LogP contribution in [0.2, 0.25) is 0 Å². The highest BCUT2D eigenvalue weighted by Crippen LogP contribution is 2.51. The second-order valence-corrected chi connectivity index (χ2v) is 8.68. The topological polar surface area (TPSA) is 61.2 Å². The third-order valence-electron chi connectivity index (χ3n) is 5.99. The Morgan fingerprint density at radius 2 is 1.85 bits per heavy atom. The van der Waals surface area contributed by atoms with E-state index in [1.54, 1.807) is 19.2 Å². The zero-order valence-corrected chi connectivity index (χ0v) is 19.1. The Balaban J connectivity index is 1.61. The Labute approximate surface area is 197 Å². The quantitative estimate of drug-likeness (QED) is 0.385. The normalized spacial score (nSPS) is 18.5. The number of rotatable bonds is 3. The van der Waals surface area contributed by atoms with Gasteiger partial charge in [-0.15, -0.1) is 0 Å². The molecule has 1 aromatic heterocycles. The summed E-state index contributed by atoms with van der Waals surface area (Å²) in [6, 6.07) is 20.0. The molecule has 0 saturated carbocycles. The van der Waals surface area contributed by atoms with E-state index in [1.165, 1.54) is 18.5 Å². The van der Waals surface area contributed by atoms with E-state index in [0.29, 0.717) is 5.95 Å². The van der Waals surface area contributed by atoms with Crippen LogP contribution >= 0.6 is 15.9 Å². The van der Waals surface area contributed by atoms with Gasteiger partial charge in [0.05, 0.1) is 17.3 Å². The highest BCUT2D eigenvalue weighted by molar-refractivity contribution is 9.10. The minimum absolute atomic E-state index is 0.292. The molecule has 0 spiro atoms. The van der Waals surface area contributed by atoms with Crippen molar-refractivity contribution in [2.45, 2.75) is 12.1 Å². The molecule has 33 heavy (non-hydrogen) atoms. The molecular weight excluding hydrogens is 487 g/mol. The third-order valence-corrected chi connectivity index (χ3v) is 6.61. The fourth-order valence-electron chi connectivity index (χ4n) is 4.50. The van der Waals surface area contributed by atoms with Gasteiger partial charge in [0.15, 0.2) is 0 Å². The molecule has 4 aromatic rings. The summed E-state index contributed by atoms with van der Waals surface area (Å²) in [4.78, 5) is 4.44. The van der Waals surface area contributed by atoms with Crippen LogP contribution in [-0.2, 0) is 0 Å². The Morgan fingerprint density at radius 1 is 1.06 bits per heavy atom. The van der Waals surface area contributed by atoms with E-state index in [2.05, 4.69) is 31.3 Å². The van der Waals surface area contributed by atoms with Crippen molar-refractivity contribution in [3.05, 3.63) is 106 Å². The van der Waals surface area contributed by atoms with Crippen molar-refractivity contribution in [3.63, 3.8) is 0 Å². The van der Waals surface area contributed by atoms with Crippen molar-refractivity contribution in [2.24, 2.45) is 0 Å². The maximum atomic E-state index is 13.7. The van der Waals surface area contributed by atoms with Gasteiger partial charge < -0.3 is 14.8 Å². The summed E-state index contributed by atoms with van der Waals surface area (Å²) in [7, 11) is 1.64. The number of benzene rings is 3. The SMILES string of the molecule is COc1ccc([C@@H]2C3=C(Nc4ncnn42)c2ccccc2O[C@@H]3c2ccc(F)cc2)cc1Br. The number of ether oxygens (including phenoxy) is 2. The van der Waals surface area contributed by atoms with Gasteiger partial charge in [0.2, 0.25) is 5.95 Å². The Hall–Kier alpha value is -3.65. The number of hydrogen-bond donors (Lipinski definition) is 1. The van der Waals surface area contributed by atoms with Crippen LogP contribution in [0.5, 0.6) is 11.5 Å². The van der Waals surface area contributed by atoms with E-state index in [9.17, 15) is 4.39 Å². The summed E-state index contributed by atoms with van der Waals surface area (Å²) in [6.45, 7) is 0. The molecule has 0 saturated heterocycles. The Bertz CT molecular complexity index is 1400. The highest BCUT2D eigenvalue weighted by Gasteiger charge is 2.41. The number of halogens is 2. The number of nitrogens with one attached hydrogen (secondary N) is 1. The van der Waals surface area contributed by atoms with Gasteiger partial charge in [-0.25, -0.2) is 9.07 Å². The monoisotopic (exact) mass is 504 g/mol. The Kier molecular flexibility index (Phi) is 4.69. The van der Waals surface area contributed by atoms with E-state index < -0.39 is 6.10 Å². The average molecular weight is 505 g/mol. The van der Waals surface area contributed by atoms with Crippen LogP contribution in [-0.4, -0.2) is 21.9 Å². The molecule has 2 aliphatic rings. The van der Waals surface area contributed by atoms with Crippen molar-refractivity contribution in [1.82, 2.24) is 14.8 Å². The predicted octanol–water partition coefficient (Wildman–Crippen LogP) is 5.75. The second-order valence-electron chi connectivity index (χ2n) is 7.83. The summed E-state index contributed by atoms with van der Waals surface area (Å²) in [5, 5.41) is 7.98. The number of methoxy groups -OCH3 is 1. The second kappa shape index (κ2) is 7.74. The molecule has 8 heteroatoms. The molecule has 6 nitrogen and oxygen atoms in total. The van der Waals surface area contributed by atoms with Crippen LogP contribution in [0.4, 0.5) is 10.3 Å². The van der Waals surface area contributed by atoms with Crippen LogP contribution in [0, 0.1) is 5.82 Å². The molecule has 0 unspecified atom stereocenters. The lowest BCUT2D eigenvalue weighted by Crippen LogP contribution is -2.32. The van der Waals surface area contributed by atoms with E-state index in [0.717, 1.165) is 43.9 Å². The summed E-state index contributed by atoms with van der Waals surface area (Å²) in [5.41, 5.74) is 4.66. The first-order valence-corrected chi connectivity index (χ1v) is 11.2. The maximum absolute atomic E-state index is 13.7. The number of hydrogen-bond acceptors (Lipinski definition) is 5. The largest absolute Gasteiger partial charge is 0.496 e. The van der Waals surface area contributed by atoms with Crippen molar-refractivity contribution in [3.8, 4) is 11.5 Å². The van der Waals surface area contributed by atoms with Crippen molar-refractivity contribution >= 4 is 27.6 Å². The minimum Gasteiger partial charge on any atom is -0.496 e. The van der Waals surface area contributed by atoms with Gasteiger partial charge in [0, 0.05) is 11.1 Å². The molecule has 6 rings (SSSR count). The summed E-state index contributed by atoms with van der Waals surface area (Å²) >= 11 is 3.61. The van der Waals surface area contributed by atoms with Crippen molar-refractivity contribution < 1.29 is 13.9 Å². The van der Waals surface area contributed by atoms with Gasteiger partial charge >= 0.3 is 0 Å². The van der Waals surface area contributed by atoms with E-state index >= 15 is 0 Å². The number of para-hydroxylation sites is 1. The fraction of sp³-hybridized carbons (Fsp3) is 0.120. The highest BCUT2D eigenvalue weighted by atomic mass is 79.9. The predicted molar refractivity (Wildman–Crippen MR) is 126 cm³/mol. The lowest BCUT2D eigenvalue weighted by Gasteiger charge is -2.39. The van der Waals surface area contributed by atoms with Crippen LogP contribution in [0.1, 0.15) is 28.8 Å². The lowest BCUT2D eigenvalue weighted by atomic mass is 9.84. The summed E-state index contributed by atoms with van der Waals surface area (Å²) in [6.07, 6.45) is 1.08. The maximum Gasteiger partial charge on any atom is 0.226 e. The van der Waals surface area contributed by atoms with E-state index in [-0.39, 0.29) is 11.9 Å². The van der Waals surface area contributed by atoms with Gasteiger partial charge in [-0.2, -0.15) is 10.1 Å². The summed E-state index contributed by atoms with van der Waals surface area (Å²) in [5.74, 6) is 1.84. The third kappa shape index (κ3) is 3.21. The first-order chi connectivity index (χ1) is 16.1. The number of nitrogens with zero attached hydrogens (tertiary/aromatic N) is 3. The standard InChI is InChI=1S/C25H18BrFN4O2/c1-32-20-11-8-15(12-18(20)26)23-21-22(30-25-28-13-29-31(23)25)17-4-2-3-5-19(17)33-24(21)14-6-9-16(27)10-7-14/h2-13,23-24H,1H3,(H,28,29,30)/t23-,24-/m1/s1. The molecule has 3 heterocycles. The molecule has 0 bridgehead atoms. The zero-order valence-electron chi connectivity index (χ0n) is 17.5. The molecule has 0 radical (unpaired) electrons. The molecular formula is C25H18BrFN4O2. The Morgan fingerprint density at radius 3 is 2.64 bits per heavy atom. The molecule has 2 atom stereocenters. The van der Waals surface area contributed by atoms with Gasteiger partial charge in [-0.3, -0.25) is 0 Å². The van der Waals surface area contributed by atoms with E-state index in [1.807, 2.05) is 47.1 Å². The van der Waals surface area contributed by atoms with Crippen molar-refractivity contribution in [2.75, 3.05) is 12.4 Å². The minimum atomic E-state index is -0.453. The number of fused-ring (bicyclic) bond motifs is 3. The average Bonchev–Trinajstić information content (AvgIpc) is 3.31. The van der Waals surface area contributed by atoms with Gasteiger partial charge in [-0.05, 0) is 63.5 Å². The smallest absolute Gasteiger partial charge is 0.226 e. The molecule has 1 N–H and O–H groups in total. The van der Waals surface area contributed by atoms with Crippen LogP contribution < -0.4 is 14.8 Å². The first-order valence-electron chi connectivity index (χ1n) is 10.4. The fourth-order valence-corrected chi connectivity index (χ4v) is 5.06. The molecule has 0 fully saturated rings. The number of aromatic nitrogens is 3. The van der Waals surface area contributed by atoms with Gasteiger partial charge in [0.1, 0.15) is 35.8 Å². The number of anilines is 1. The first kappa shape index (κ1) is 20.0. The van der Waals surface area contributed by atoms with Crippen LogP contribution in [0.15, 0.2) is 83.1 Å². The molecule has 0 aliphatic carbocycles. The molecule has 3 aromatic carbocycles. The molecule has 0 amide bonds.